The minimum Gasteiger partial charge on any atom is -0.480 e. The summed E-state index contributed by atoms with van der Waals surface area (Å²) in [6, 6.07) is 5.09. The summed E-state index contributed by atoms with van der Waals surface area (Å²) in [5.41, 5.74) is 17.2. The smallest absolute Gasteiger partial charge is 0.326 e. The van der Waals surface area contributed by atoms with Crippen LogP contribution in [0.3, 0.4) is 0 Å². The van der Waals surface area contributed by atoms with E-state index in [0.29, 0.717) is 18.6 Å². The number of carboxylic acids is 1. The summed E-state index contributed by atoms with van der Waals surface area (Å²) < 4.78 is 0. The lowest BCUT2D eigenvalue weighted by atomic mass is 10.0. The molecule has 0 unspecified atom stereocenters. The molecule has 1 aromatic rings. The first-order valence-corrected chi connectivity index (χ1v) is 12.9. The Morgan fingerprint density at radius 3 is 2.19 bits per heavy atom. The number of guanidine groups is 1. The van der Waals surface area contributed by atoms with E-state index in [-0.39, 0.29) is 25.3 Å². The van der Waals surface area contributed by atoms with Gasteiger partial charge in [-0.25, -0.2) is 4.79 Å². The molecule has 0 spiro atoms. The van der Waals surface area contributed by atoms with Crippen LogP contribution < -0.4 is 33.2 Å². The average molecular weight is 524 g/mol. The van der Waals surface area contributed by atoms with E-state index in [0.717, 1.165) is 5.56 Å². The number of benzene rings is 1. The molecule has 0 aromatic heterocycles. The zero-order chi connectivity index (χ0) is 27.1. The van der Waals surface area contributed by atoms with Crippen molar-refractivity contribution in [2.45, 2.75) is 56.8 Å². The molecule has 4 atom stereocenters. The number of nitrogens with one attached hydrogen (secondary N) is 3. The lowest BCUT2D eigenvalue weighted by molar-refractivity contribution is -0.142. The number of thioether (sulfide) groups is 1. The maximum absolute atomic E-state index is 13.0. The highest BCUT2D eigenvalue weighted by molar-refractivity contribution is 7.98. The second-order valence-corrected chi connectivity index (χ2v) is 9.20. The molecular formula is C23H37N7O5S. The van der Waals surface area contributed by atoms with Crippen molar-refractivity contribution in [2.75, 3.05) is 18.6 Å². The fraction of sp³-hybridized carbons (Fsp3) is 0.522. The Morgan fingerprint density at radius 1 is 0.972 bits per heavy atom. The van der Waals surface area contributed by atoms with Gasteiger partial charge in [0.1, 0.15) is 18.1 Å². The molecule has 0 bridgehead atoms. The first-order valence-electron chi connectivity index (χ1n) is 11.5. The van der Waals surface area contributed by atoms with Gasteiger partial charge in [-0.3, -0.25) is 19.4 Å². The number of carboxylic acid groups (broad SMARTS) is 1. The van der Waals surface area contributed by atoms with Crippen molar-refractivity contribution in [1.82, 2.24) is 16.0 Å². The number of nitrogens with zero attached hydrogens (tertiary/aromatic N) is 1. The Labute approximate surface area is 215 Å². The number of amides is 3. The van der Waals surface area contributed by atoms with Crippen LogP contribution in [0.15, 0.2) is 35.3 Å². The SMILES string of the molecule is CSCC[C@H](N)C(=O)N[C@@H](Cc1ccccc1)C(=O)N[C@@H](C)C(=O)N[C@@H](CCCN=C(N)N)C(=O)O. The fourth-order valence-electron chi connectivity index (χ4n) is 3.15. The number of rotatable bonds is 16. The van der Waals surface area contributed by atoms with Gasteiger partial charge in [-0.2, -0.15) is 11.8 Å². The summed E-state index contributed by atoms with van der Waals surface area (Å²) in [5.74, 6) is -2.38. The number of carbonyl (C=O) groups is 4. The van der Waals surface area contributed by atoms with Crippen LogP contribution >= 0.6 is 11.8 Å². The monoisotopic (exact) mass is 523 g/mol. The highest BCUT2D eigenvalue weighted by Gasteiger charge is 2.28. The standard InChI is InChI=1S/C23H37N7O5S/c1-14(19(31)29-17(22(34)35)9-6-11-27-23(25)26)28-21(33)18(13-15-7-4-3-5-8-15)30-20(32)16(24)10-12-36-2/h3-5,7-8,14,16-18H,6,9-13,24H2,1-2H3,(H,28,33)(H,29,31)(H,30,32)(H,34,35)(H4,25,26,27)/t14-,16-,17-,18-/m0/s1. The molecule has 0 saturated carbocycles. The molecule has 1 rings (SSSR count). The van der Waals surface area contributed by atoms with Gasteiger partial charge in [0.25, 0.3) is 0 Å². The van der Waals surface area contributed by atoms with Crippen LogP contribution in [0.4, 0.5) is 0 Å². The van der Waals surface area contributed by atoms with Crippen LogP contribution in [-0.2, 0) is 25.6 Å². The quantitative estimate of drug-likeness (QED) is 0.0795. The van der Waals surface area contributed by atoms with Crippen molar-refractivity contribution in [3.8, 4) is 0 Å². The Bertz CT molecular complexity index is 896. The lowest BCUT2D eigenvalue weighted by Gasteiger charge is -2.23. The van der Waals surface area contributed by atoms with E-state index in [1.54, 1.807) is 11.8 Å². The number of hydrogen-bond acceptors (Lipinski definition) is 7. The van der Waals surface area contributed by atoms with Crippen molar-refractivity contribution in [1.29, 1.82) is 0 Å². The van der Waals surface area contributed by atoms with E-state index in [9.17, 15) is 24.3 Å². The third-order valence-corrected chi connectivity index (χ3v) is 5.84. The average Bonchev–Trinajstić information content (AvgIpc) is 2.83. The van der Waals surface area contributed by atoms with Crippen LogP contribution in [0.1, 0.15) is 31.7 Å². The maximum atomic E-state index is 13.0. The molecule has 10 N–H and O–H groups in total. The van der Waals surface area contributed by atoms with Crippen LogP contribution in [0.25, 0.3) is 0 Å². The summed E-state index contributed by atoms with van der Waals surface area (Å²) in [6.45, 7) is 1.64. The van der Waals surface area contributed by atoms with Crippen LogP contribution in [0, 0.1) is 0 Å². The molecular weight excluding hydrogens is 486 g/mol. The highest BCUT2D eigenvalue weighted by atomic mass is 32.2. The third kappa shape index (κ3) is 11.9. The van der Waals surface area contributed by atoms with E-state index in [1.165, 1.54) is 6.92 Å². The van der Waals surface area contributed by atoms with Gasteiger partial charge in [0, 0.05) is 13.0 Å². The molecule has 0 aliphatic carbocycles. The van der Waals surface area contributed by atoms with Gasteiger partial charge in [-0.1, -0.05) is 30.3 Å². The second kappa shape index (κ2) is 16.4. The maximum Gasteiger partial charge on any atom is 0.326 e. The minimum atomic E-state index is -1.22. The van der Waals surface area contributed by atoms with Crippen LogP contribution in [0.2, 0.25) is 0 Å². The normalized spacial score (nSPS) is 14.0. The summed E-state index contributed by atoms with van der Waals surface area (Å²) in [6.07, 6.45) is 2.97. The van der Waals surface area contributed by atoms with E-state index < -0.39 is 47.9 Å². The van der Waals surface area contributed by atoms with E-state index in [1.807, 2.05) is 36.6 Å². The van der Waals surface area contributed by atoms with E-state index >= 15 is 0 Å². The Hall–Kier alpha value is -3.32. The van der Waals surface area contributed by atoms with Gasteiger partial charge >= 0.3 is 5.97 Å². The van der Waals surface area contributed by atoms with Crippen molar-refractivity contribution in [3.05, 3.63) is 35.9 Å². The van der Waals surface area contributed by atoms with Crippen molar-refractivity contribution >= 4 is 41.4 Å². The Morgan fingerprint density at radius 2 is 1.61 bits per heavy atom. The molecule has 200 valence electrons. The molecule has 1 aromatic carbocycles. The topological polar surface area (TPSA) is 215 Å². The molecule has 12 nitrogen and oxygen atoms in total. The second-order valence-electron chi connectivity index (χ2n) is 8.22. The van der Waals surface area contributed by atoms with Gasteiger partial charge in [0.05, 0.1) is 6.04 Å². The molecule has 0 aliphatic rings. The zero-order valence-electron chi connectivity index (χ0n) is 20.6. The summed E-state index contributed by atoms with van der Waals surface area (Å²) >= 11 is 1.56. The van der Waals surface area contributed by atoms with Crippen molar-refractivity contribution in [3.63, 3.8) is 0 Å². The zero-order valence-corrected chi connectivity index (χ0v) is 21.4. The highest BCUT2D eigenvalue weighted by Crippen LogP contribution is 2.06. The number of hydrogen-bond donors (Lipinski definition) is 7. The molecule has 3 amide bonds. The molecule has 36 heavy (non-hydrogen) atoms. The predicted molar refractivity (Wildman–Crippen MR) is 140 cm³/mol. The van der Waals surface area contributed by atoms with E-state index in [4.69, 9.17) is 17.2 Å². The van der Waals surface area contributed by atoms with Crippen LogP contribution in [0.5, 0.6) is 0 Å². The molecule has 13 heteroatoms. The van der Waals surface area contributed by atoms with E-state index in [2.05, 4.69) is 20.9 Å². The first kappa shape index (κ1) is 30.7. The number of aliphatic carboxylic acids is 1. The molecule has 0 heterocycles. The van der Waals surface area contributed by atoms with Gasteiger partial charge in [-0.15, -0.1) is 0 Å². The molecule has 0 fully saturated rings. The largest absolute Gasteiger partial charge is 0.480 e. The van der Waals surface area contributed by atoms with Crippen LogP contribution in [-0.4, -0.2) is 77.5 Å². The predicted octanol–water partition coefficient (Wildman–Crippen LogP) is -1.08. The molecule has 0 aliphatic heterocycles. The van der Waals surface area contributed by atoms with Gasteiger partial charge < -0.3 is 38.3 Å². The molecule has 0 saturated heterocycles. The molecule has 0 radical (unpaired) electrons. The summed E-state index contributed by atoms with van der Waals surface area (Å²) in [4.78, 5) is 53.5. The number of nitrogens with two attached hydrogens (primary N) is 3. The van der Waals surface area contributed by atoms with Gasteiger partial charge in [0.15, 0.2) is 5.96 Å². The fourth-order valence-corrected chi connectivity index (χ4v) is 3.64. The van der Waals surface area contributed by atoms with Crippen molar-refractivity contribution in [2.24, 2.45) is 22.2 Å². The number of carbonyl (C=O) groups excluding carboxylic acids is 3. The Balaban J connectivity index is 2.82. The minimum absolute atomic E-state index is 0.0964. The van der Waals surface area contributed by atoms with Crippen molar-refractivity contribution < 1.29 is 24.3 Å². The Kier molecular flexibility index (Phi) is 14.0. The lowest BCUT2D eigenvalue weighted by Crippen LogP contribution is -2.56. The van der Waals surface area contributed by atoms with Gasteiger partial charge in [0.2, 0.25) is 17.7 Å². The van der Waals surface area contributed by atoms with Gasteiger partial charge in [-0.05, 0) is 43.8 Å². The number of aliphatic imine (C=N–C) groups is 1. The third-order valence-electron chi connectivity index (χ3n) is 5.20. The summed E-state index contributed by atoms with van der Waals surface area (Å²) in [5, 5.41) is 17.1. The summed E-state index contributed by atoms with van der Waals surface area (Å²) in [7, 11) is 0. The first-order chi connectivity index (χ1) is 17.0.